The molecule has 12 nitrogen and oxygen atoms in total. The first-order chi connectivity index (χ1) is 23.4. The van der Waals surface area contributed by atoms with Crippen LogP contribution in [-0.4, -0.2) is 77.1 Å². The van der Waals surface area contributed by atoms with E-state index in [-0.39, 0.29) is 0 Å². The molecule has 8 atom stereocenters. The molecule has 2 aliphatic carbocycles. The van der Waals surface area contributed by atoms with E-state index < -0.39 is 0 Å². The number of rotatable bonds is 27. The molecule has 0 spiro atoms. The van der Waals surface area contributed by atoms with E-state index in [4.69, 9.17) is 57.3 Å². The van der Waals surface area contributed by atoms with E-state index in [9.17, 15) is 0 Å². The van der Waals surface area contributed by atoms with E-state index in [1.807, 2.05) is 0 Å². The van der Waals surface area contributed by atoms with Crippen LogP contribution in [0.2, 0.25) is 0 Å². The van der Waals surface area contributed by atoms with Crippen LogP contribution in [0.5, 0.6) is 0 Å². The molecule has 0 bridgehead atoms. The molecule has 0 aliphatic heterocycles. The summed E-state index contributed by atoms with van der Waals surface area (Å²) in [5.74, 6) is 7.50. The molecule has 0 radical (unpaired) electrons. The summed E-state index contributed by atoms with van der Waals surface area (Å²) in [5, 5.41) is 0. The zero-order valence-corrected chi connectivity index (χ0v) is 30.5. The molecule has 2 rings (SSSR count). The van der Waals surface area contributed by atoms with E-state index in [1.54, 1.807) is 0 Å². The van der Waals surface area contributed by atoms with Gasteiger partial charge in [-0.3, -0.25) is 21.5 Å². The maximum absolute atomic E-state index is 6.45. The van der Waals surface area contributed by atoms with Crippen LogP contribution in [0.3, 0.4) is 0 Å². The first kappa shape index (κ1) is 42.8. The molecular weight excluding hydrogens is 600 g/mol. The van der Waals surface area contributed by atoms with Gasteiger partial charge in [-0.15, -0.1) is 0 Å². The van der Waals surface area contributed by atoms with E-state index in [2.05, 4.69) is 9.98 Å². The monoisotopic (exact) mass is 681 g/mol. The van der Waals surface area contributed by atoms with Crippen LogP contribution in [0.1, 0.15) is 89.9 Å². The smallest absolute Gasteiger partial charge is 0.240 e. The summed E-state index contributed by atoms with van der Waals surface area (Å²) >= 11 is 0. The van der Waals surface area contributed by atoms with Gasteiger partial charge in [0, 0.05) is 12.8 Å². The third-order valence-electron chi connectivity index (χ3n) is 12.3. The van der Waals surface area contributed by atoms with Gasteiger partial charge in [0.1, 0.15) is 0 Å². The van der Waals surface area contributed by atoms with Gasteiger partial charge < -0.3 is 45.9 Å². The Bertz CT molecular complexity index is 771. The van der Waals surface area contributed by atoms with Crippen molar-refractivity contribution in [2.75, 3.05) is 65.4 Å². The fraction of sp³-hybridized carbons (Fsp3) is 0.944. The van der Waals surface area contributed by atoms with Crippen LogP contribution >= 0.6 is 0 Å². The Hall–Kier alpha value is -1.38. The quantitative estimate of drug-likeness (QED) is 0.0240. The third-order valence-corrected chi connectivity index (χ3v) is 12.3. The van der Waals surface area contributed by atoms with Crippen LogP contribution < -0.4 is 67.3 Å². The predicted octanol–water partition coefficient (Wildman–Crippen LogP) is -2.82. The summed E-state index contributed by atoms with van der Waals surface area (Å²) in [5.41, 5.74) is 61.6. The van der Waals surface area contributed by atoms with Crippen molar-refractivity contribution in [2.45, 2.75) is 89.9 Å². The Morgan fingerprint density at radius 3 is 0.688 bits per heavy atom. The second-order valence-corrected chi connectivity index (χ2v) is 14.9. The predicted molar refractivity (Wildman–Crippen MR) is 202 cm³/mol. The minimum atomic E-state index is 0.574. The lowest BCUT2D eigenvalue weighted by atomic mass is 9.80. The van der Waals surface area contributed by atoms with E-state index in [0.29, 0.717) is 112 Å². The lowest BCUT2D eigenvalue weighted by molar-refractivity contribution is -0.462. The van der Waals surface area contributed by atoms with Gasteiger partial charge in [0.25, 0.3) is 0 Å². The number of unbranched alkanes of at least 4 members (excludes halogenated alkanes) is 1. The van der Waals surface area contributed by atoms with Crippen molar-refractivity contribution < 1.29 is 9.98 Å². The van der Waals surface area contributed by atoms with Crippen LogP contribution in [0, 0.1) is 59.2 Å². The third kappa shape index (κ3) is 12.7. The van der Waals surface area contributed by atoms with Crippen molar-refractivity contribution in [1.82, 2.24) is 0 Å². The number of nitrogens with one attached hydrogen (secondary N) is 2. The van der Waals surface area contributed by atoms with Gasteiger partial charge >= 0.3 is 0 Å². The maximum Gasteiger partial charge on any atom is 0.240 e. The van der Waals surface area contributed by atoms with Gasteiger partial charge in [0.15, 0.2) is 0 Å². The Kier molecular flexibility index (Phi) is 22.0. The summed E-state index contributed by atoms with van der Waals surface area (Å²) in [4.78, 5) is 7.06. The maximum atomic E-state index is 6.45. The topological polar surface area (TPSA) is 288 Å². The normalized spacial score (nSPS) is 31.2. The second kappa shape index (κ2) is 24.7. The molecule has 2 aliphatic rings. The van der Waals surface area contributed by atoms with Crippen LogP contribution in [0.25, 0.3) is 0 Å². The number of nitrogens with two attached hydrogens (primary N) is 10. The van der Waals surface area contributed by atoms with Crippen molar-refractivity contribution in [3.05, 3.63) is 0 Å². The molecular formula is C36H80N12+2. The van der Waals surface area contributed by atoms with Crippen LogP contribution in [-0.2, 0) is 0 Å². The van der Waals surface area contributed by atoms with E-state index in [1.165, 1.54) is 0 Å². The Morgan fingerprint density at radius 2 is 0.500 bits per heavy atom. The molecule has 22 N–H and O–H groups in total. The van der Waals surface area contributed by atoms with Crippen molar-refractivity contribution in [3.8, 4) is 0 Å². The average Bonchev–Trinajstić information content (AvgIpc) is 3.47. The Balaban J connectivity index is 1.88. The zero-order valence-electron chi connectivity index (χ0n) is 30.5. The van der Waals surface area contributed by atoms with E-state index >= 15 is 0 Å². The standard InChI is InChI=1S/C36H78N12/c37-15-5-25-26(6-16-38)30(10-20-42)33(29(25)9-19-41)13-23-47-35(45)3-1-2-4-36(46)48-24-14-34-31(11-21-43)27(7-17-39)28(8-18-40)32(34)12-22-44/h25-34H,1-24,37-44H2,(H2,45,47)(H2,46,48)/p+2. The molecule has 282 valence electrons. The molecule has 0 aromatic carbocycles. The summed E-state index contributed by atoms with van der Waals surface area (Å²) in [6, 6.07) is 0. The summed E-state index contributed by atoms with van der Waals surface area (Å²) in [6.07, 6.45) is 14.1. The molecule has 12 heteroatoms. The van der Waals surface area contributed by atoms with Gasteiger partial charge in [-0.2, -0.15) is 0 Å². The zero-order chi connectivity index (χ0) is 35.3. The van der Waals surface area contributed by atoms with Crippen LogP contribution in [0.15, 0.2) is 0 Å². The van der Waals surface area contributed by atoms with Crippen molar-refractivity contribution in [2.24, 2.45) is 117 Å². The Morgan fingerprint density at radius 1 is 0.312 bits per heavy atom. The minimum absolute atomic E-state index is 0.574. The molecule has 48 heavy (non-hydrogen) atoms. The SMILES string of the molecule is NCCC1C(CCN)C(CCN)C(CC[NH+]=C(N)CCCCC(N)=[NH+]CCC2C(CCN)C(CCN)C(CCN)C2CCN)C1CCN. The van der Waals surface area contributed by atoms with E-state index in [0.717, 1.165) is 115 Å². The molecule has 0 amide bonds. The highest BCUT2D eigenvalue weighted by molar-refractivity contribution is 5.75. The van der Waals surface area contributed by atoms with Gasteiger partial charge in [0.2, 0.25) is 11.7 Å². The van der Waals surface area contributed by atoms with Crippen molar-refractivity contribution in [1.29, 1.82) is 0 Å². The summed E-state index contributed by atoms with van der Waals surface area (Å²) in [7, 11) is 0. The van der Waals surface area contributed by atoms with Gasteiger partial charge in [-0.1, -0.05) is 0 Å². The first-order valence-corrected chi connectivity index (χ1v) is 19.7. The highest BCUT2D eigenvalue weighted by atomic mass is 14.9. The molecule has 2 fully saturated rings. The molecule has 0 saturated heterocycles. The van der Waals surface area contributed by atoms with Crippen LogP contribution in [0.4, 0.5) is 0 Å². The van der Waals surface area contributed by atoms with Gasteiger partial charge in [0.05, 0.1) is 13.1 Å². The molecule has 0 aromatic rings. The number of amidine groups is 2. The minimum Gasteiger partial charge on any atom is -0.330 e. The molecule has 2 saturated carbocycles. The van der Waals surface area contributed by atoms with Gasteiger partial charge in [-0.05, 0) is 189 Å². The summed E-state index contributed by atoms with van der Waals surface area (Å²) < 4.78 is 0. The van der Waals surface area contributed by atoms with Crippen molar-refractivity contribution in [3.63, 3.8) is 0 Å². The van der Waals surface area contributed by atoms with Gasteiger partial charge in [-0.25, -0.2) is 0 Å². The number of hydrogen-bond acceptors (Lipinski definition) is 8. The molecule has 0 heterocycles. The fourth-order valence-corrected chi connectivity index (χ4v) is 10.6. The molecule has 8 unspecified atom stereocenters. The fourth-order valence-electron chi connectivity index (χ4n) is 10.6. The molecule has 0 aromatic heterocycles. The lowest BCUT2D eigenvalue weighted by Gasteiger charge is -2.26. The second-order valence-electron chi connectivity index (χ2n) is 14.9. The average molecular weight is 681 g/mol. The van der Waals surface area contributed by atoms with Crippen molar-refractivity contribution >= 4 is 11.7 Å². The highest BCUT2D eigenvalue weighted by Crippen LogP contribution is 2.53. The largest absolute Gasteiger partial charge is 0.330 e. The summed E-state index contributed by atoms with van der Waals surface area (Å²) in [6.45, 7) is 7.41. The highest BCUT2D eigenvalue weighted by Gasteiger charge is 2.49. The Labute approximate surface area is 293 Å². The number of hydrogen-bond donors (Lipinski definition) is 12. The first-order valence-electron chi connectivity index (χ1n) is 19.7. The lowest BCUT2D eigenvalue weighted by Crippen LogP contribution is -2.76.